The summed E-state index contributed by atoms with van der Waals surface area (Å²) in [5.41, 5.74) is -0.0600. The summed E-state index contributed by atoms with van der Waals surface area (Å²) in [6.07, 6.45) is 0.531. The van der Waals surface area contributed by atoms with Gasteiger partial charge in [-0.1, -0.05) is 0 Å². The third-order valence-corrected chi connectivity index (χ3v) is 5.90. The second-order valence-electron chi connectivity index (χ2n) is 4.99. The van der Waals surface area contributed by atoms with Crippen LogP contribution in [0.1, 0.15) is 25.0 Å². The van der Waals surface area contributed by atoms with E-state index in [0.717, 1.165) is 19.4 Å². The Kier molecular flexibility index (Phi) is 7.80. The quantitative estimate of drug-likeness (QED) is 0.720. The Balaban J connectivity index is 0.000000677. The predicted octanol–water partition coefficient (Wildman–Crippen LogP) is 3.51. The number of aldehydes is 1. The molecule has 1 atom stereocenters. The topological polar surface area (TPSA) is 56.8 Å². The fourth-order valence-corrected chi connectivity index (χ4v) is 3.95. The molecule has 0 radical (unpaired) electrons. The number of nitrogens with one attached hydrogen (secondary N) is 1. The lowest BCUT2D eigenvalue weighted by atomic mass is 10.1. The molecular weight excluding hydrogens is 426 g/mol. The number of carbonyl (C=O) groups excluding carboxylic acids is 1. The molecule has 0 saturated carbocycles. The van der Waals surface area contributed by atoms with Crippen molar-refractivity contribution in [3.05, 3.63) is 13.1 Å². The van der Waals surface area contributed by atoms with E-state index >= 15 is 0 Å². The summed E-state index contributed by atoms with van der Waals surface area (Å²) in [7, 11) is 3.25. The molecule has 2 rings (SSSR count). The highest BCUT2D eigenvalue weighted by molar-refractivity contribution is 9.13. The molecule has 1 aliphatic rings. The Morgan fingerprint density at radius 1 is 1.48 bits per heavy atom. The van der Waals surface area contributed by atoms with E-state index in [0.29, 0.717) is 12.4 Å². The fourth-order valence-electron chi connectivity index (χ4n) is 1.68. The van der Waals surface area contributed by atoms with Crippen LogP contribution >= 0.6 is 43.2 Å². The Bertz CT molecular complexity index is 479. The van der Waals surface area contributed by atoms with Gasteiger partial charge in [-0.3, -0.25) is 10.1 Å². The average Bonchev–Trinajstić information content (AvgIpc) is 2.90. The second-order valence-corrected chi connectivity index (χ2v) is 8.15. The van der Waals surface area contributed by atoms with E-state index in [1.807, 2.05) is 0 Å². The molecule has 1 N–H and O–H groups in total. The van der Waals surface area contributed by atoms with Crippen molar-refractivity contribution in [1.82, 2.24) is 5.32 Å². The van der Waals surface area contributed by atoms with Gasteiger partial charge < -0.3 is 14.2 Å². The molecule has 5 nitrogen and oxygen atoms in total. The van der Waals surface area contributed by atoms with Crippen molar-refractivity contribution in [2.24, 2.45) is 0 Å². The van der Waals surface area contributed by atoms with Gasteiger partial charge in [-0.25, -0.2) is 0 Å². The highest BCUT2D eigenvalue weighted by Crippen LogP contribution is 2.47. The third-order valence-electron chi connectivity index (χ3n) is 2.46. The number of hydrogen-bond acceptors (Lipinski definition) is 6. The zero-order valence-corrected chi connectivity index (χ0v) is 16.4. The first-order valence-electron chi connectivity index (χ1n) is 6.19. The Labute approximate surface area is 145 Å². The van der Waals surface area contributed by atoms with E-state index in [1.165, 1.54) is 11.3 Å². The van der Waals surface area contributed by atoms with E-state index in [-0.39, 0.29) is 18.4 Å². The lowest BCUT2D eigenvalue weighted by Crippen LogP contribution is -2.35. The predicted molar refractivity (Wildman–Crippen MR) is 90.1 cm³/mol. The SMILES string of the molecule is CC1(C)COC(c2sc(Br)c(Br)c2OCC=O)N1.COC. The van der Waals surface area contributed by atoms with Crippen LogP contribution in [-0.4, -0.2) is 39.3 Å². The lowest BCUT2D eigenvalue weighted by Gasteiger charge is -2.17. The van der Waals surface area contributed by atoms with Crippen molar-refractivity contribution in [3.8, 4) is 5.75 Å². The van der Waals surface area contributed by atoms with Crippen molar-refractivity contribution in [2.45, 2.75) is 25.6 Å². The van der Waals surface area contributed by atoms with Crippen LogP contribution in [0.3, 0.4) is 0 Å². The summed E-state index contributed by atoms with van der Waals surface area (Å²) < 4.78 is 17.2. The third kappa shape index (κ3) is 5.30. The summed E-state index contributed by atoms with van der Waals surface area (Å²) >= 11 is 8.43. The molecule has 1 aliphatic heterocycles. The van der Waals surface area contributed by atoms with Gasteiger partial charge in [-0.2, -0.15) is 0 Å². The van der Waals surface area contributed by atoms with E-state index < -0.39 is 0 Å². The van der Waals surface area contributed by atoms with E-state index in [2.05, 4.69) is 55.8 Å². The summed E-state index contributed by atoms with van der Waals surface area (Å²) in [6.45, 7) is 4.83. The molecule has 1 unspecified atom stereocenters. The summed E-state index contributed by atoms with van der Waals surface area (Å²) in [4.78, 5) is 11.4. The molecule has 2 heterocycles. The molecule has 1 saturated heterocycles. The lowest BCUT2D eigenvalue weighted by molar-refractivity contribution is -0.109. The van der Waals surface area contributed by atoms with E-state index in [9.17, 15) is 4.79 Å². The van der Waals surface area contributed by atoms with Crippen LogP contribution in [0, 0.1) is 0 Å². The number of thiophene rings is 1. The largest absolute Gasteiger partial charge is 0.484 e. The maximum atomic E-state index is 10.4. The number of hydrogen-bond donors (Lipinski definition) is 1. The van der Waals surface area contributed by atoms with Crippen LogP contribution in [0.15, 0.2) is 8.26 Å². The van der Waals surface area contributed by atoms with Gasteiger partial charge in [0.25, 0.3) is 0 Å². The minimum Gasteiger partial charge on any atom is -0.484 e. The van der Waals surface area contributed by atoms with Gasteiger partial charge in [0.05, 0.1) is 19.7 Å². The maximum absolute atomic E-state index is 10.4. The molecular formula is C13H19Br2NO4S. The molecule has 21 heavy (non-hydrogen) atoms. The molecule has 1 fully saturated rings. The first-order valence-corrected chi connectivity index (χ1v) is 8.60. The van der Waals surface area contributed by atoms with Crippen molar-refractivity contribution in [3.63, 3.8) is 0 Å². The van der Waals surface area contributed by atoms with Gasteiger partial charge in [0.15, 0.2) is 12.0 Å². The van der Waals surface area contributed by atoms with Gasteiger partial charge in [-0.15, -0.1) is 11.3 Å². The van der Waals surface area contributed by atoms with Crippen LogP contribution < -0.4 is 10.1 Å². The van der Waals surface area contributed by atoms with Crippen LogP contribution in [-0.2, 0) is 14.3 Å². The standard InChI is InChI=1S/C11H13Br2NO3S.C2H6O/c1-11(2)5-17-10(14-11)8-7(16-4-3-15)6(12)9(13)18-8;1-3-2/h3,10,14H,4-5H2,1-2H3;1-2H3. The molecule has 120 valence electrons. The number of rotatable bonds is 4. The summed E-state index contributed by atoms with van der Waals surface area (Å²) in [6, 6.07) is 0. The fraction of sp³-hybridized carbons (Fsp3) is 0.615. The van der Waals surface area contributed by atoms with Gasteiger partial charge in [0.2, 0.25) is 0 Å². The minimum atomic E-state index is -0.200. The minimum absolute atomic E-state index is 0.0326. The van der Waals surface area contributed by atoms with Crippen molar-refractivity contribution in [2.75, 3.05) is 27.4 Å². The van der Waals surface area contributed by atoms with Gasteiger partial charge in [0, 0.05) is 19.8 Å². The van der Waals surface area contributed by atoms with Crippen molar-refractivity contribution in [1.29, 1.82) is 0 Å². The Hall–Kier alpha value is 0.01000. The summed E-state index contributed by atoms with van der Waals surface area (Å²) in [5, 5.41) is 3.38. The maximum Gasteiger partial charge on any atom is 0.157 e. The number of methoxy groups -OCH3 is 1. The summed E-state index contributed by atoms with van der Waals surface area (Å²) in [5.74, 6) is 0.661. The number of ether oxygens (including phenoxy) is 3. The molecule has 1 aromatic rings. The van der Waals surface area contributed by atoms with Crippen LogP contribution in [0.4, 0.5) is 0 Å². The first kappa shape index (κ1) is 19.1. The van der Waals surface area contributed by atoms with E-state index in [4.69, 9.17) is 9.47 Å². The van der Waals surface area contributed by atoms with Gasteiger partial charge in [0.1, 0.15) is 12.8 Å². The van der Waals surface area contributed by atoms with Crippen molar-refractivity contribution >= 4 is 49.5 Å². The molecule has 0 spiro atoms. The molecule has 8 heteroatoms. The monoisotopic (exact) mass is 443 g/mol. The normalized spacial score (nSPS) is 19.8. The molecule has 0 bridgehead atoms. The van der Waals surface area contributed by atoms with Crippen LogP contribution in [0.5, 0.6) is 5.75 Å². The zero-order valence-electron chi connectivity index (χ0n) is 12.4. The highest BCUT2D eigenvalue weighted by Gasteiger charge is 2.35. The molecule has 0 aliphatic carbocycles. The zero-order chi connectivity index (χ0) is 16.0. The molecule has 0 amide bonds. The van der Waals surface area contributed by atoms with Crippen LogP contribution in [0.25, 0.3) is 0 Å². The first-order chi connectivity index (χ1) is 9.86. The van der Waals surface area contributed by atoms with Gasteiger partial charge >= 0.3 is 0 Å². The van der Waals surface area contributed by atoms with Crippen LogP contribution in [0.2, 0.25) is 0 Å². The van der Waals surface area contributed by atoms with E-state index in [1.54, 1.807) is 14.2 Å². The smallest absolute Gasteiger partial charge is 0.157 e. The van der Waals surface area contributed by atoms with Gasteiger partial charge in [-0.05, 0) is 45.7 Å². The Morgan fingerprint density at radius 2 is 2.10 bits per heavy atom. The van der Waals surface area contributed by atoms with Crippen molar-refractivity contribution < 1.29 is 19.0 Å². The molecule has 0 aromatic carbocycles. The number of halogens is 2. The average molecular weight is 445 g/mol. The molecule has 1 aromatic heterocycles. The number of carbonyl (C=O) groups is 1. The highest BCUT2D eigenvalue weighted by atomic mass is 79.9. The Morgan fingerprint density at radius 3 is 2.57 bits per heavy atom. The second kappa shape index (κ2) is 8.59.